The van der Waals surface area contributed by atoms with E-state index >= 15 is 0 Å². The van der Waals surface area contributed by atoms with Crippen molar-refractivity contribution < 1.29 is 19.1 Å². The van der Waals surface area contributed by atoms with Gasteiger partial charge < -0.3 is 14.8 Å². The lowest BCUT2D eigenvalue weighted by molar-refractivity contribution is -0.137. The quantitative estimate of drug-likeness (QED) is 0.809. The first kappa shape index (κ1) is 17.3. The van der Waals surface area contributed by atoms with E-state index in [0.717, 1.165) is 6.42 Å². The molecule has 0 radical (unpaired) electrons. The first-order valence-electron chi connectivity index (χ1n) is 7.26. The zero-order valence-corrected chi connectivity index (χ0v) is 13.2. The Hall–Kier alpha value is -1.78. The smallest absolute Gasteiger partial charge is 0.303 e. The van der Waals surface area contributed by atoms with Crippen LogP contribution in [0, 0.1) is 18.3 Å². The standard InChI is InChI=1S/C16H25NO4/c1-11-5-7-13(21-11)15(20)17-10-9-12(16(2,3)4)6-8-14(18)19/h5,7,12H,6,8-10H2,1-4H3,(H,17,20)(H,18,19). The van der Waals surface area contributed by atoms with Crippen LogP contribution < -0.4 is 5.32 Å². The molecule has 0 spiro atoms. The second-order valence-corrected chi connectivity index (χ2v) is 6.45. The van der Waals surface area contributed by atoms with E-state index in [1.807, 2.05) is 0 Å². The molecule has 1 aromatic heterocycles. The van der Waals surface area contributed by atoms with Gasteiger partial charge in [-0.15, -0.1) is 0 Å². The molecule has 1 rings (SSSR count). The molecule has 0 aliphatic carbocycles. The summed E-state index contributed by atoms with van der Waals surface area (Å²) < 4.78 is 5.26. The zero-order chi connectivity index (χ0) is 16.0. The molecule has 2 N–H and O–H groups in total. The highest BCUT2D eigenvalue weighted by Gasteiger charge is 2.25. The van der Waals surface area contributed by atoms with Gasteiger partial charge in [0.2, 0.25) is 0 Å². The maximum absolute atomic E-state index is 11.9. The van der Waals surface area contributed by atoms with E-state index in [4.69, 9.17) is 9.52 Å². The molecule has 0 aliphatic heterocycles. The van der Waals surface area contributed by atoms with E-state index in [-0.39, 0.29) is 23.7 Å². The summed E-state index contributed by atoms with van der Waals surface area (Å²) in [4.78, 5) is 22.6. The summed E-state index contributed by atoms with van der Waals surface area (Å²) in [5.41, 5.74) is 0.0153. The third kappa shape index (κ3) is 6.02. The molecule has 5 heteroatoms. The van der Waals surface area contributed by atoms with E-state index in [1.165, 1.54) is 0 Å². The predicted molar refractivity (Wildman–Crippen MR) is 80.2 cm³/mol. The number of aliphatic carboxylic acids is 1. The Bertz CT molecular complexity index is 485. The van der Waals surface area contributed by atoms with Gasteiger partial charge in [0, 0.05) is 13.0 Å². The van der Waals surface area contributed by atoms with Gasteiger partial charge in [-0.1, -0.05) is 20.8 Å². The van der Waals surface area contributed by atoms with Gasteiger partial charge in [-0.2, -0.15) is 0 Å². The summed E-state index contributed by atoms with van der Waals surface area (Å²) >= 11 is 0. The van der Waals surface area contributed by atoms with Gasteiger partial charge in [-0.05, 0) is 43.2 Å². The molecule has 118 valence electrons. The van der Waals surface area contributed by atoms with E-state index in [9.17, 15) is 9.59 Å². The Balaban J connectivity index is 2.46. The van der Waals surface area contributed by atoms with Crippen molar-refractivity contribution in [1.29, 1.82) is 0 Å². The molecule has 0 saturated heterocycles. The molecule has 1 heterocycles. The second kappa shape index (κ2) is 7.29. The van der Waals surface area contributed by atoms with Crippen molar-refractivity contribution in [3.05, 3.63) is 23.7 Å². The number of rotatable bonds is 7. The number of hydrogen-bond donors (Lipinski definition) is 2. The summed E-state index contributed by atoms with van der Waals surface area (Å²) in [6, 6.07) is 3.40. The monoisotopic (exact) mass is 295 g/mol. The number of hydrogen-bond acceptors (Lipinski definition) is 3. The Morgan fingerprint density at radius 1 is 1.29 bits per heavy atom. The van der Waals surface area contributed by atoms with Gasteiger partial charge in [0.15, 0.2) is 5.76 Å². The highest BCUT2D eigenvalue weighted by molar-refractivity contribution is 5.91. The largest absolute Gasteiger partial charge is 0.481 e. The van der Waals surface area contributed by atoms with Crippen LogP contribution in [0.25, 0.3) is 0 Å². The fraction of sp³-hybridized carbons (Fsp3) is 0.625. The Morgan fingerprint density at radius 3 is 2.43 bits per heavy atom. The molecule has 0 saturated carbocycles. The molecule has 0 aliphatic rings. The number of carbonyl (C=O) groups is 2. The molecular formula is C16H25NO4. The molecule has 1 aromatic rings. The number of nitrogens with one attached hydrogen (secondary N) is 1. The third-order valence-electron chi connectivity index (χ3n) is 3.67. The molecule has 5 nitrogen and oxygen atoms in total. The minimum atomic E-state index is -0.778. The van der Waals surface area contributed by atoms with Gasteiger partial charge in [0.1, 0.15) is 5.76 Å². The lowest BCUT2D eigenvalue weighted by Crippen LogP contribution is -2.29. The van der Waals surface area contributed by atoms with Crippen LogP contribution in [0.2, 0.25) is 0 Å². The van der Waals surface area contributed by atoms with Gasteiger partial charge in [0.25, 0.3) is 5.91 Å². The molecule has 1 atom stereocenters. The third-order valence-corrected chi connectivity index (χ3v) is 3.67. The Kier molecular flexibility index (Phi) is 6.00. The Labute approximate surface area is 125 Å². The van der Waals surface area contributed by atoms with Crippen LogP contribution in [0.3, 0.4) is 0 Å². The normalized spacial score (nSPS) is 13.0. The molecule has 1 unspecified atom stereocenters. The van der Waals surface area contributed by atoms with E-state index in [2.05, 4.69) is 26.1 Å². The summed E-state index contributed by atoms with van der Waals surface area (Å²) in [6.07, 6.45) is 1.53. The average Bonchev–Trinajstić information content (AvgIpc) is 2.78. The maximum Gasteiger partial charge on any atom is 0.303 e. The fourth-order valence-corrected chi connectivity index (χ4v) is 2.31. The number of furan rings is 1. The van der Waals surface area contributed by atoms with Crippen molar-refractivity contribution in [1.82, 2.24) is 5.32 Å². The van der Waals surface area contributed by atoms with Gasteiger partial charge in [-0.25, -0.2) is 0 Å². The Morgan fingerprint density at radius 2 is 1.95 bits per heavy atom. The first-order chi connectivity index (χ1) is 9.70. The summed E-state index contributed by atoms with van der Waals surface area (Å²) in [6.45, 7) is 8.59. The molecular weight excluding hydrogens is 270 g/mol. The SMILES string of the molecule is Cc1ccc(C(=O)NCCC(CCC(=O)O)C(C)(C)C)o1. The van der Waals surface area contributed by atoms with Crippen LogP contribution in [0.5, 0.6) is 0 Å². The van der Waals surface area contributed by atoms with Crippen molar-refractivity contribution in [3.63, 3.8) is 0 Å². The number of aryl methyl sites for hydroxylation is 1. The fourth-order valence-electron chi connectivity index (χ4n) is 2.31. The highest BCUT2D eigenvalue weighted by atomic mass is 16.4. The van der Waals surface area contributed by atoms with E-state index in [1.54, 1.807) is 19.1 Å². The lowest BCUT2D eigenvalue weighted by Gasteiger charge is -2.30. The molecule has 0 fully saturated rings. The first-order valence-corrected chi connectivity index (χ1v) is 7.26. The topological polar surface area (TPSA) is 79.5 Å². The second-order valence-electron chi connectivity index (χ2n) is 6.45. The molecule has 0 bridgehead atoms. The van der Waals surface area contributed by atoms with Gasteiger partial charge in [0.05, 0.1) is 0 Å². The number of carboxylic acids is 1. The van der Waals surface area contributed by atoms with Gasteiger partial charge in [-0.3, -0.25) is 9.59 Å². The van der Waals surface area contributed by atoms with Crippen LogP contribution in [-0.2, 0) is 4.79 Å². The van der Waals surface area contributed by atoms with Crippen molar-refractivity contribution >= 4 is 11.9 Å². The number of amides is 1. The highest BCUT2D eigenvalue weighted by Crippen LogP contribution is 2.32. The molecule has 21 heavy (non-hydrogen) atoms. The molecule has 0 aromatic carbocycles. The van der Waals surface area contributed by atoms with E-state index in [0.29, 0.717) is 24.5 Å². The zero-order valence-electron chi connectivity index (χ0n) is 13.2. The average molecular weight is 295 g/mol. The van der Waals surface area contributed by atoms with Crippen molar-refractivity contribution in [2.24, 2.45) is 11.3 Å². The van der Waals surface area contributed by atoms with Crippen LogP contribution in [0.15, 0.2) is 16.5 Å². The summed E-state index contributed by atoms with van der Waals surface area (Å²) in [7, 11) is 0. The maximum atomic E-state index is 11.9. The van der Waals surface area contributed by atoms with Crippen LogP contribution >= 0.6 is 0 Å². The number of carbonyl (C=O) groups excluding carboxylic acids is 1. The summed E-state index contributed by atoms with van der Waals surface area (Å²) in [5.74, 6) is 0.250. The number of carboxylic acid groups (broad SMARTS) is 1. The molecule has 1 amide bonds. The van der Waals surface area contributed by atoms with Crippen molar-refractivity contribution in [3.8, 4) is 0 Å². The van der Waals surface area contributed by atoms with Crippen molar-refractivity contribution in [2.45, 2.75) is 47.0 Å². The predicted octanol–water partition coefficient (Wildman–Crippen LogP) is 3.24. The lowest BCUT2D eigenvalue weighted by atomic mass is 9.76. The van der Waals surface area contributed by atoms with Crippen molar-refractivity contribution in [2.75, 3.05) is 6.54 Å². The van der Waals surface area contributed by atoms with Crippen LogP contribution in [0.4, 0.5) is 0 Å². The van der Waals surface area contributed by atoms with Crippen LogP contribution in [-0.4, -0.2) is 23.5 Å². The van der Waals surface area contributed by atoms with E-state index < -0.39 is 5.97 Å². The van der Waals surface area contributed by atoms with Gasteiger partial charge >= 0.3 is 5.97 Å². The summed E-state index contributed by atoms with van der Waals surface area (Å²) in [5, 5.41) is 11.6. The van der Waals surface area contributed by atoms with Crippen LogP contribution in [0.1, 0.15) is 56.3 Å². The minimum Gasteiger partial charge on any atom is -0.481 e. The minimum absolute atomic E-state index is 0.0153.